The van der Waals surface area contributed by atoms with Gasteiger partial charge in [-0.3, -0.25) is 4.79 Å². The summed E-state index contributed by atoms with van der Waals surface area (Å²) in [6, 6.07) is 19.2. The number of aliphatic hydroxyl groups is 1. The molecule has 0 saturated heterocycles. The summed E-state index contributed by atoms with van der Waals surface area (Å²) in [5.74, 6) is 1.06. The Morgan fingerprint density at radius 1 is 1.04 bits per heavy atom. The van der Waals surface area contributed by atoms with E-state index in [1.807, 2.05) is 66.0 Å². The number of para-hydroxylation sites is 2. The van der Waals surface area contributed by atoms with Crippen molar-refractivity contribution in [3.63, 3.8) is 0 Å². The molecule has 1 fully saturated rings. The molecular weight excluding hydrogens is 370 g/mol. The lowest BCUT2D eigenvalue weighted by Crippen LogP contribution is -2.44. The molecule has 1 aromatic heterocycles. The third-order valence-corrected chi connectivity index (χ3v) is 6.71. The average molecular weight is 391 g/mol. The van der Waals surface area contributed by atoms with Crippen LogP contribution in [0, 0.1) is 5.92 Å². The summed E-state index contributed by atoms with van der Waals surface area (Å²) in [6.07, 6.45) is 1.99. The molecule has 2 aliphatic rings. The molecule has 142 valence electrons. The molecule has 1 aliphatic carbocycles. The molecule has 2 N–H and O–H groups in total. The topological polar surface area (TPSA) is 58.6 Å². The van der Waals surface area contributed by atoms with Gasteiger partial charge in [-0.1, -0.05) is 42.5 Å². The van der Waals surface area contributed by atoms with Crippen molar-refractivity contribution in [3.05, 3.63) is 82.0 Å². The Labute approximate surface area is 167 Å². The molecule has 1 atom stereocenters. The minimum absolute atomic E-state index is 0.112. The van der Waals surface area contributed by atoms with Gasteiger partial charge in [-0.05, 0) is 42.3 Å². The molecule has 2 aromatic carbocycles. The Balaban J connectivity index is 1.44. The van der Waals surface area contributed by atoms with Gasteiger partial charge in [0.05, 0.1) is 12.5 Å². The van der Waals surface area contributed by atoms with Crippen LogP contribution in [0.1, 0.15) is 34.8 Å². The van der Waals surface area contributed by atoms with Crippen LogP contribution in [0.3, 0.4) is 0 Å². The van der Waals surface area contributed by atoms with E-state index in [0.717, 1.165) is 28.8 Å². The summed E-state index contributed by atoms with van der Waals surface area (Å²) in [4.78, 5) is 14.2. The highest BCUT2D eigenvalue weighted by atomic mass is 32.1. The van der Waals surface area contributed by atoms with Gasteiger partial charge >= 0.3 is 0 Å². The van der Waals surface area contributed by atoms with Gasteiger partial charge in [-0.15, -0.1) is 11.3 Å². The van der Waals surface area contributed by atoms with Crippen LogP contribution in [0.5, 0.6) is 11.5 Å². The van der Waals surface area contributed by atoms with E-state index in [2.05, 4.69) is 5.32 Å². The molecule has 1 amide bonds. The molecule has 4 nitrogen and oxygen atoms in total. The van der Waals surface area contributed by atoms with Crippen molar-refractivity contribution in [2.75, 3.05) is 6.54 Å². The van der Waals surface area contributed by atoms with Crippen molar-refractivity contribution in [2.24, 2.45) is 5.92 Å². The Hall–Kier alpha value is -2.63. The summed E-state index contributed by atoms with van der Waals surface area (Å²) in [5.41, 5.74) is 0.711. The predicted molar refractivity (Wildman–Crippen MR) is 109 cm³/mol. The monoisotopic (exact) mass is 391 g/mol. The molecule has 28 heavy (non-hydrogen) atoms. The molecule has 0 spiro atoms. The van der Waals surface area contributed by atoms with E-state index < -0.39 is 11.5 Å². The number of thiophene rings is 1. The van der Waals surface area contributed by atoms with Crippen molar-refractivity contribution in [3.8, 4) is 11.5 Å². The third kappa shape index (κ3) is 2.91. The maximum Gasteiger partial charge on any atom is 0.232 e. The summed E-state index contributed by atoms with van der Waals surface area (Å²) in [7, 11) is 0. The molecule has 1 saturated carbocycles. The van der Waals surface area contributed by atoms with E-state index in [9.17, 15) is 9.90 Å². The standard InChI is InChI=1S/C23H21NO3S/c25-22(24-14-23(26,15-11-12-15)20-10-5-13-28-20)21-16-6-1-3-8-18(16)27-19-9-4-2-7-17(19)21/h1-10,13,15,21,26H,11-12,14H2,(H,24,25). The Bertz CT molecular complexity index is 967. The summed E-state index contributed by atoms with van der Waals surface area (Å²) in [6.45, 7) is 0.221. The second-order valence-electron chi connectivity index (χ2n) is 7.50. The highest BCUT2D eigenvalue weighted by Gasteiger charge is 2.46. The molecule has 0 bridgehead atoms. The van der Waals surface area contributed by atoms with Crippen molar-refractivity contribution in [1.82, 2.24) is 5.32 Å². The maximum absolute atomic E-state index is 13.3. The largest absolute Gasteiger partial charge is 0.457 e. The second kappa shape index (κ2) is 6.76. The highest BCUT2D eigenvalue weighted by Crippen LogP contribution is 2.47. The van der Waals surface area contributed by atoms with Gasteiger partial charge in [0.2, 0.25) is 5.91 Å². The minimum atomic E-state index is -0.992. The van der Waals surface area contributed by atoms with Crippen LogP contribution in [-0.2, 0) is 10.4 Å². The number of carbonyl (C=O) groups is 1. The van der Waals surface area contributed by atoms with E-state index in [0.29, 0.717) is 11.5 Å². The van der Waals surface area contributed by atoms with Crippen LogP contribution < -0.4 is 10.1 Å². The fourth-order valence-corrected chi connectivity index (χ4v) is 4.94. The first-order chi connectivity index (χ1) is 13.7. The number of rotatable bonds is 5. The molecule has 2 heterocycles. The number of nitrogens with one attached hydrogen (secondary N) is 1. The van der Waals surface area contributed by atoms with Crippen LogP contribution in [-0.4, -0.2) is 17.6 Å². The van der Waals surface area contributed by atoms with Crippen LogP contribution in [0.4, 0.5) is 0 Å². The van der Waals surface area contributed by atoms with Gasteiger partial charge < -0.3 is 15.2 Å². The quantitative estimate of drug-likeness (QED) is 0.678. The van der Waals surface area contributed by atoms with Gasteiger partial charge in [0.25, 0.3) is 0 Å². The molecule has 5 heteroatoms. The first kappa shape index (κ1) is 17.5. The number of carbonyl (C=O) groups excluding carboxylic acids is 1. The van der Waals surface area contributed by atoms with Gasteiger partial charge in [0, 0.05) is 16.0 Å². The smallest absolute Gasteiger partial charge is 0.232 e. The lowest BCUT2D eigenvalue weighted by atomic mass is 9.87. The third-order valence-electron chi connectivity index (χ3n) is 5.67. The molecule has 1 unspecified atom stereocenters. The zero-order valence-corrected chi connectivity index (χ0v) is 16.1. The zero-order valence-electron chi connectivity index (χ0n) is 15.3. The van der Waals surface area contributed by atoms with Gasteiger partial charge in [0.15, 0.2) is 0 Å². The Morgan fingerprint density at radius 2 is 1.68 bits per heavy atom. The lowest BCUT2D eigenvalue weighted by Gasteiger charge is -2.31. The number of ether oxygens (including phenoxy) is 1. The van der Waals surface area contributed by atoms with Crippen LogP contribution in [0.25, 0.3) is 0 Å². The van der Waals surface area contributed by atoms with E-state index in [1.165, 1.54) is 0 Å². The van der Waals surface area contributed by atoms with Crippen molar-refractivity contribution in [2.45, 2.75) is 24.4 Å². The van der Waals surface area contributed by atoms with Crippen molar-refractivity contribution >= 4 is 17.2 Å². The van der Waals surface area contributed by atoms with E-state index in [-0.39, 0.29) is 18.4 Å². The fourth-order valence-electron chi connectivity index (χ4n) is 4.03. The van der Waals surface area contributed by atoms with Gasteiger partial charge in [-0.25, -0.2) is 0 Å². The van der Waals surface area contributed by atoms with Gasteiger partial charge in [0.1, 0.15) is 17.1 Å². The predicted octanol–water partition coefficient (Wildman–Crippen LogP) is 4.40. The molecule has 5 rings (SSSR count). The summed E-state index contributed by atoms with van der Waals surface area (Å²) >= 11 is 1.54. The maximum atomic E-state index is 13.3. The molecular formula is C23H21NO3S. The number of hydrogen-bond donors (Lipinski definition) is 2. The number of benzene rings is 2. The molecule has 1 aliphatic heterocycles. The zero-order chi connectivity index (χ0) is 19.1. The second-order valence-corrected chi connectivity index (χ2v) is 8.45. The normalized spacial score (nSPS) is 17.8. The SMILES string of the molecule is O=C(NCC(O)(c1cccs1)C1CC1)C1c2ccccc2Oc2ccccc21. The van der Waals surface area contributed by atoms with Crippen LogP contribution in [0.15, 0.2) is 66.0 Å². The molecule has 3 aromatic rings. The minimum Gasteiger partial charge on any atom is -0.457 e. The van der Waals surface area contributed by atoms with Crippen molar-refractivity contribution in [1.29, 1.82) is 0 Å². The lowest BCUT2D eigenvalue weighted by molar-refractivity contribution is -0.123. The van der Waals surface area contributed by atoms with E-state index in [1.54, 1.807) is 11.3 Å². The first-order valence-electron chi connectivity index (χ1n) is 9.56. The van der Waals surface area contributed by atoms with E-state index >= 15 is 0 Å². The number of fused-ring (bicyclic) bond motifs is 2. The summed E-state index contributed by atoms with van der Waals surface area (Å²) < 4.78 is 5.98. The van der Waals surface area contributed by atoms with Gasteiger partial charge in [-0.2, -0.15) is 0 Å². The van der Waals surface area contributed by atoms with E-state index in [4.69, 9.17) is 4.74 Å². The number of hydrogen-bond acceptors (Lipinski definition) is 4. The van der Waals surface area contributed by atoms with Crippen LogP contribution in [0.2, 0.25) is 0 Å². The first-order valence-corrected chi connectivity index (χ1v) is 10.4. The Morgan fingerprint density at radius 3 is 2.25 bits per heavy atom. The molecule has 0 radical (unpaired) electrons. The van der Waals surface area contributed by atoms with Crippen molar-refractivity contribution < 1.29 is 14.6 Å². The highest BCUT2D eigenvalue weighted by molar-refractivity contribution is 7.10. The van der Waals surface area contributed by atoms with Crippen LogP contribution >= 0.6 is 11.3 Å². The summed E-state index contributed by atoms with van der Waals surface area (Å²) in [5, 5.41) is 16.3. The Kier molecular flexibility index (Phi) is 4.22. The fraction of sp³-hybridized carbons (Fsp3) is 0.261. The average Bonchev–Trinajstić information content (AvgIpc) is 3.44. The number of amides is 1.